The monoisotopic (exact) mass is 245 g/mol. The predicted octanol–water partition coefficient (Wildman–Crippen LogP) is 3.40. The Kier molecular flexibility index (Phi) is 2.86. The molecule has 1 aromatic heterocycles. The Bertz CT molecular complexity index is 549. The number of nitrogen functional groups attached to an aromatic ring is 1. The molecule has 2 aromatic rings. The van der Waals surface area contributed by atoms with E-state index in [0.29, 0.717) is 23.7 Å². The normalized spacial score (nSPS) is 24.3. The van der Waals surface area contributed by atoms with Gasteiger partial charge in [0.2, 0.25) is 0 Å². The van der Waals surface area contributed by atoms with Gasteiger partial charge < -0.3 is 15.5 Å². The van der Waals surface area contributed by atoms with Gasteiger partial charge in [-0.25, -0.2) is 0 Å². The fourth-order valence-corrected chi connectivity index (χ4v) is 2.72. The summed E-state index contributed by atoms with van der Waals surface area (Å²) < 4.78 is 5.70. The summed E-state index contributed by atoms with van der Waals surface area (Å²) in [5.74, 6) is 0.672. The van der Waals surface area contributed by atoms with Crippen molar-refractivity contribution in [1.82, 2.24) is 4.98 Å². The van der Waals surface area contributed by atoms with Crippen LogP contribution in [-0.2, 0) is 0 Å². The van der Waals surface area contributed by atoms with Crippen LogP contribution in [0, 0.1) is 5.92 Å². The lowest BCUT2D eigenvalue weighted by Crippen LogP contribution is -2.30. The topological polar surface area (TPSA) is 64.1 Å². The lowest BCUT2D eigenvalue weighted by molar-refractivity contribution is 0.344. The van der Waals surface area contributed by atoms with E-state index in [2.05, 4.69) is 17.2 Å². The molecule has 0 spiro atoms. The number of para-hydroxylation sites is 1. The van der Waals surface area contributed by atoms with Crippen molar-refractivity contribution in [3.05, 3.63) is 18.2 Å². The number of nitrogens with one attached hydrogen (secondary N) is 1. The molecule has 0 saturated heterocycles. The van der Waals surface area contributed by atoms with Crippen LogP contribution < -0.4 is 11.1 Å². The fraction of sp³-hybridized carbons (Fsp3) is 0.500. The van der Waals surface area contributed by atoms with Gasteiger partial charge in [0.25, 0.3) is 6.01 Å². The van der Waals surface area contributed by atoms with Crippen molar-refractivity contribution in [3.63, 3.8) is 0 Å². The molecule has 1 aliphatic carbocycles. The van der Waals surface area contributed by atoms with Crippen molar-refractivity contribution in [3.8, 4) is 0 Å². The molecule has 18 heavy (non-hydrogen) atoms. The predicted molar refractivity (Wildman–Crippen MR) is 73.5 cm³/mol. The van der Waals surface area contributed by atoms with Crippen LogP contribution in [0.15, 0.2) is 22.6 Å². The molecule has 2 unspecified atom stereocenters. The Balaban J connectivity index is 1.84. The smallest absolute Gasteiger partial charge is 0.295 e. The van der Waals surface area contributed by atoms with Gasteiger partial charge in [0.05, 0.1) is 5.69 Å². The molecular formula is C14H19N3O. The molecule has 3 rings (SSSR count). The van der Waals surface area contributed by atoms with Crippen molar-refractivity contribution in [1.29, 1.82) is 0 Å². The third-order valence-corrected chi connectivity index (χ3v) is 3.87. The second-order valence-electron chi connectivity index (χ2n) is 5.23. The highest BCUT2D eigenvalue weighted by atomic mass is 16.4. The third kappa shape index (κ3) is 2.03. The second kappa shape index (κ2) is 4.52. The average Bonchev–Trinajstić information content (AvgIpc) is 2.76. The van der Waals surface area contributed by atoms with Gasteiger partial charge in [-0.3, -0.25) is 0 Å². The number of aromatic nitrogens is 1. The molecule has 1 heterocycles. The first kappa shape index (κ1) is 11.4. The van der Waals surface area contributed by atoms with Crippen LogP contribution in [0.25, 0.3) is 11.1 Å². The van der Waals surface area contributed by atoms with Gasteiger partial charge in [-0.1, -0.05) is 25.8 Å². The van der Waals surface area contributed by atoms with Crippen LogP contribution in [0.4, 0.5) is 11.7 Å². The maximum atomic E-state index is 5.88. The lowest BCUT2D eigenvalue weighted by Gasteiger charge is -2.28. The molecule has 1 aliphatic rings. The molecule has 1 aromatic carbocycles. The van der Waals surface area contributed by atoms with Gasteiger partial charge in [-0.15, -0.1) is 0 Å². The van der Waals surface area contributed by atoms with Crippen molar-refractivity contribution in [2.75, 3.05) is 11.1 Å². The van der Waals surface area contributed by atoms with E-state index in [1.165, 1.54) is 25.7 Å². The zero-order valence-electron chi connectivity index (χ0n) is 10.6. The van der Waals surface area contributed by atoms with Crippen LogP contribution in [0.2, 0.25) is 0 Å². The number of hydrogen-bond donors (Lipinski definition) is 2. The highest BCUT2D eigenvalue weighted by Gasteiger charge is 2.22. The van der Waals surface area contributed by atoms with Gasteiger partial charge in [0, 0.05) is 6.04 Å². The number of oxazole rings is 1. The number of benzene rings is 1. The molecule has 4 nitrogen and oxygen atoms in total. The lowest BCUT2D eigenvalue weighted by atomic mass is 9.86. The van der Waals surface area contributed by atoms with Crippen LogP contribution in [-0.4, -0.2) is 11.0 Å². The molecule has 96 valence electrons. The number of hydrogen-bond acceptors (Lipinski definition) is 4. The zero-order chi connectivity index (χ0) is 12.5. The summed E-state index contributed by atoms with van der Waals surface area (Å²) in [5.41, 5.74) is 8.05. The van der Waals surface area contributed by atoms with Gasteiger partial charge in [-0.05, 0) is 30.9 Å². The standard InChI is InChI=1S/C14H19N3O/c1-9-5-2-3-7-11(9)16-14-17-13-10(15)6-4-8-12(13)18-14/h4,6,8-9,11H,2-3,5,7,15H2,1H3,(H,16,17). The molecule has 3 N–H and O–H groups in total. The minimum absolute atomic E-state index is 0.466. The van der Waals surface area contributed by atoms with Crippen LogP contribution in [0.1, 0.15) is 32.6 Å². The Hall–Kier alpha value is -1.71. The Labute approximate surface area is 107 Å². The summed E-state index contributed by atoms with van der Waals surface area (Å²) in [6.07, 6.45) is 5.08. The Morgan fingerprint density at radius 1 is 1.33 bits per heavy atom. The van der Waals surface area contributed by atoms with Gasteiger partial charge >= 0.3 is 0 Å². The maximum absolute atomic E-state index is 5.88. The first-order valence-corrected chi connectivity index (χ1v) is 6.65. The zero-order valence-corrected chi connectivity index (χ0v) is 10.6. The SMILES string of the molecule is CC1CCCCC1Nc1nc2c(N)cccc2o1. The Morgan fingerprint density at radius 2 is 2.17 bits per heavy atom. The quantitative estimate of drug-likeness (QED) is 0.796. The van der Waals surface area contributed by atoms with Crippen LogP contribution in [0.3, 0.4) is 0 Å². The second-order valence-corrected chi connectivity index (χ2v) is 5.23. The fourth-order valence-electron chi connectivity index (χ4n) is 2.72. The maximum Gasteiger partial charge on any atom is 0.295 e. The summed E-state index contributed by atoms with van der Waals surface area (Å²) in [6, 6.07) is 6.69. The molecule has 1 fully saturated rings. The van der Waals surface area contributed by atoms with Crippen molar-refractivity contribution in [2.24, 2.45) is 5.92 Å². The van der Waals surface area contributed by atoms with E-state index in [0.717, 1.165) is 11.1 Å². The first-order chi connectivity index (χ1) is 8.74. The van der Waals surface area contributed by atoms with E-state index in [9.17, 15) is 0 Å². The molecule has 1 saturated carbocycles. The van der Waals surface area contributed by atoms with Crippen molar-refractivity contribution in [2.45, 2.75) is 38.6 Å². The van der Waals surface area contributed by atoms with E-state index in [1.807, 2.05) is 18.2 Å². The summed E-state index contributed by atoms with van der Waals surface area (Å²) in [6.45, 7) is 2.29. The van der Waals surface area contributed by atoms with E-state index in [-0.39, 0.29) is 0 Å². The Morgan fingerprint density at radius 3 is 2.94 bits per heavy atom. The van der Waals surface area contributed by atoms with Gasteiger partial charge in [0.15, 0.2) is 5.58 Å². The minimum Gasteiger partial charge on any atom is -0.423 e. The highest BCUT2D eigenvalue weighted by molar-refractivity contribution is 5.86. The molecule has 4 heteroatoms. The van der Waals surface area contributed by atoms with E-state index < -0.39 is 0 Å². The largest absolute Gasteiger partial charge is 0.423 e. The van der Waals surface area contributed by atoms with Gasteiger partial charge in [0.1, 0.15) is 5.52 Å². The summed E-state index contributed by atoms with van der Waals surface area (Å²) >= 11 is 0. The number of fused-ring (bicyclic) bond motifs is 1. The molecule has 2 atom stereocenters. The molecule has 0 amide bonds. The van der Waals surface area contributed by atoms with Crippen LogP contribution in [0.5, 0.6) is 0 Å². The molecule has 0 radical (unpaired) electrons. The van der Waals surface area contributed by atoms with Crippen molar-refractivity contribution >= 4 is 22.8 Å². The van der Waals surface area contributed by atoms with Crippen LogP contribution >= 0.6 is 0 Å². The average molecular weight is 245 g/mol. The molecular weight excluding hydrogens is 226 g/mol. The van der Waals surface area contributed by atoms with E-state index in [1.54, 1.807) is 0 Å². The molecule has 0 aliphatic heterocycles. The number of nitrogens with zero attached hydrogens (tertiary/aromatic N) is 1. The molecule has 0 bridgehead atoms. The number of rotatable bonds is 2. The summed E-state index contributed by atoms with van der Waals surface area (Å²) in [7, 11) is 0. The van der Waals surface area contributed by atoms with Crippen molar-refractivity contribution < 1.29 is 4.42 Å². The number of anilines is 2. The highest BCUT2D eigenvalue weighted by Crippen LogP contribution is 2.29. The number of nitrogens with two attached hydrogens (primary N) is 1. The first-order valence-electron chi connectivity index (χ1n) is 6.65. The summed E-state index contributed by atoms with van der Waals surface area (Å²) in [5, 5.41) is 3.41. The van der Waals surface area contributed by atoms with E-state index in [4.69, 9.17) is 10.2 Å². The van der Waals surface area contributed by atoms with Gasteiger partial charge in [-0.2, -0.15) is 4.98 Å². The summed E-state index contributed by atoms with van der Waals surface area (Å²) in [4.78, 5) is 4.44. The third-order valence-electron chi connectivity index (χ3n) is 3.87. The minimum atomic E-state index is 0.466. The van der Waals surface area contributed by atoms with E-state index >= 15 is 0 Å².